The molecule has 0 unspecified atom stereocenters. The Bertz CT molecular complexity index is 1430. The lowest BCUT2D eigenvalue weighted by atomic mass is 10.1. The lowest BCUT2D eigenvalue weighted by molar-refractivity contribution is -0.127. The van der Waals surface area contributed by atoms with Crippen LogP contribution in [0.2, 0.25) is 0 Å². The van der Waals surface area contributed by atoms with Crippen molar-refractivity contribution in [2.75, 3.05) is 14.2 Å². The molecule has 0 heterocycles. The number of nitrogens with zero attached hydrogens (tertiary/aromatic N) is 1. The fourth-order valence-corrected chi connectivity index (χ4v) is 3.63. The monoisotopic (exact) mass is 524 g/mol. The smallest absolute Gasteiger partial charge is 0.343 e. The van der Waals surface area contributed by atoms with Gasteiger partial charge in [0.05, 0.1) is 26.0 Å². The van der Waals surface area contributed by atoms with Crippen LogP contribution in [0.15, 0.2) is 102 Å². The maximum Gasteiger partial charge on any atom is 0.343 e. The summed E-state index contributed by atoms with van der Waals surface area (Å²) in [6.07, 6.45) is 0.738. The number of benzene rings is 4. The summed E-state index contributed by atoms with van der Waals surface area (Å²) < 4.78 is 21.6. The summed E-state index contributed by atoms with van der Waals surface area (Å²) in [5, 5.41) is 3.99. The molecule has 8 heteroatoms. The van der Waals surface area contributed by atoms with Crippen LogP contribution in [0.1, 0.15) is 22.8 Å². The minimum Gasteiger partial charge on any atom is -0.493 e. The zero-order chi connectivity index (χ0) is 27.6. The summed E-state index contributed by atoms with van der Waals surface area (Å²) in [5.74, 6) is 0.965. The van der Waals surface area contributed by atoms with Crippen LogP contribution < -0.4 is 24.4 Å². The number of esters is 1. The molecule has 1 N–H and O–H groups in total. The molecular weight excluding hydrogens is 496 g/mol. The number of methoxy groups -OCH3 is 2. The fraction of sp³-hybridized carbons (Fsp3) is 0.129. The van der Waals surface area contributed by atoms with Gasteiger partial charge in [0, 0.05) is 0 Å². The Morgan fingerprint density at radius 3 is 2.08 bits per heavy atom. The van der Waals surface area contributed by atoms with E-state index in [1.165, 1.54) is 20.4 Å². The van der Waals surface area contributed by atoms with Gasteiger partial charge in [-0.25, -0.2) is 10.2 Å². The zero-order valence-corrected chi connectivity index (χ0v) is 21.8. The van der Waals surface area contributed by atoms with E-state index in [0.29, 0.717) is 34.1 Å². The third kappa shape index (κ3) is 7.23. The van der Waals surface area contributed by atoms with E-state index in [1.807, 2.05) is 54.6 Å². The van der Waals surface area contributed by atoms with Crippen molar-refractivity contribution < 1.29 is 28.5 Å². The molecule has 0 saturated carbocycles. The molecule has 1 atom stereocenters. The van der Waals surface area contributed by atoms with Crippen molar-refractivity contribution in [1.29, 1.82) is 0 Å². The number of hydrogen-bond donors (Lipinski definition) is 1. The van der Waals surface area contributed by atoms with Gasteiger partial charge in [-0.15, -0.1) is 0 Å². The lowest BCUT2D eigenvalue weighted by Crippen LogP contribution is -2.33. The van der Waals surface area contributed by atoms with Crippen molar-refractivity contribution >= 4 is 18.1 Å². The van der Waals surface area contributed by atoms with Gasteiger partial charge in [-0.2, -0.15) is 5.10 Å². The van der Waals surface area contributed by atoms with Crippen molar-refractivity contribution in [3.8, 4) is 34.1 Å². The molecular formula is C31H28N2O6. The van der Waals surface area contributed by atoms with E-state index in [0.717, 1.165) is 11.1 Å². The Morgan fingerprint density at radius 1 is 0.769 bits per heavy atom. The topological polar surface area (TPSA) is 95.5 Å². The van der Waals surface area contributed by atoms with E-state index < -0.39 is 12.1 Å². The minimum absolute atomic E-state index is 0.324. The largest absolute Gasteiger partial charge is 0.493 e. The molecule has 0 fully saturated rings. The standard InChI is InChI=1S/C31H28N2O6/c1-21(38-26-16-11-24(12-17-26)23-7-5-4-6-8-23)30(34)33-32-20-22-9-14-27(15-10-22)39-31(35)25-13-18-28(36-2)29(19-25)37-3/h4-21H,1-3H3,(H,33,34)/b32-20-/t21-/m0/s1. The van der Waals surface area contributed by atoms with Crippen LogP contribution in [-0.4, -0.2) is 38.4 Å². The molecule has 4 aromatic rings. The summed E-state index contributed by atoms with van der Waals surface area (Å²) in [6, 6.07) is 29.0. The average Bonchev–Trinajstić information content (AvgIpc) is 2.98. The van der Waals surface area contributed by atoms with Crippen molar-refractivity contribution in [2.45, 2.75) is 13.0 Å². The maximum atomic E-state index is 12.5. The highest BCUT2D eigenvalue weighted by Crippen LogP contribution is 2.28. The first-order valence-corrected chi connectivity index (χ1v) is 12.2. The molecule has 0 saturated heterocycles. The van der Waals surface area contributed by atoms with E-state index in [1.54, 1.807) is 49.4 Å². The van der Waals surface area contributed by atoms with Crippen LogP contribution in [0.25, 0.3) is 11.1 Å². The molecule has 4 rings (SSSR count). The number of hydrogen-bond acceptors (Lipinski definition) is 7. The number of amides is 1. The molecule has 0 aliphatic carbocycles. The number of carbonyl (C=O) groups excluding carboxylic acids is 2. The molecule has 0 radical (unpaired) electrons. The van der Waals surface area contributed by atoms with Crippen LogP contribution in [0.4, 0.5) is 0 Å². The fourth-order valence-electron chi connectivity index (χ4n) is 3.63. The molecule has 198 valence electrons. The summed E-state index contributed by atoms with van der Waals surface area (Å²) in [5.41, 5.74) is 5.67. The summed E-state index contributed by atoms with van der Waals surface area (Å²) >= 11 is 0. The van der Waals surface area contributed by atoms with Gasteiger partial charge in [0.1, 0.15) is 11.5 Å². The Kier molecular flexibility index (Phi) is 8.92. The predicted molar refractivity (Wildman–Crippen MR) is 149 cm³/mol. The van der Waals surface area contributed by atoms with E-state index in [-0.39, 0.29) is 5.91 Å². The summed E-state index contributed by atoms with van der Waals surface area (Å²) in [6.45, 7) is 1.65. The normalized spacial score (nSPS) is 11.5. The van der Waals surface area contributed by atoms with Crippen molar-refractivity contribution in [3.05, 3.63) is 108 Å². The highest BCUT2D eigenvalue weighted by atomic mass is 16.5. The van der Waals surface area contributed by atoms with Gasteiger partial charge >= 0.3 is 5.97 Å². The van der Waals surface area contributed by atoms with Crippen LogP contribution >= 0.6 is 0 Å². The molecule has 0 bridgehead atoms. The third-order valence-electron chi connectivity index (χ3n) is 5.74. The van der Waals surface area contributed by atoms with Gasteiger partial charge in [0.15, 0.2) is 17.6 Å². The molecule has 1 amide bonds. The van der Waals surface area contributed by atoms with E-state index >= 15 is 0 Å². The van der Waals surface area contributed by atoms with Gasteiger partial charge in [-0.05, 0) is 78.2 Å². The van der Waals surface area contributed by atoms with Gasteiger partial charge in [0.25, 0.3) is 5.91 Å². The molecule has 4 aromatic carbocycles. The number of hydrazone groups is 1. The Balaban J connectivity index is 1.27. The molecule has 0 aliphatic rings. The Hall–Kier alpha value is -5.11. The Morgan fingerprint density at radius 2 is 1.41 bits per heavy atom. The lowest BCUT2D eigenvalue weighted by Gasteiger charge is -2.13. The van der Waals surface area contributed by atoms with Crippen LogP contribution in [0.3, 0.4) is 0 Å². The predicted octanol–water partition coefficient (Wildman–Crippen LogP) is 5.51. The highest BCUT2D eigenvalue weighted by Gasteiger charge is 2.15. The van der Waals surface area contributed by atoms with Gasteiger partial charge in [-0.1, -0.05) is 42.5 Å². The van der Waals surface area contributed by atoms with Crippen LogP contribution in [-0.2, 0) is 4.79 Å². The first-order valence-electron chi connectivity index (χ1n) is 12.2. The first kappa shape index (κ1) is 26.9. The third-order valence-corrected chi connectivity index (χ3v) is 5.74. The van der Waals surface area contributed by atoms with E-state index in [4.69, 9.17) is 18.9 Å². The first-order chi connectivity index (χ1) is 19.0. The van der Waals surface area contributed by atoms with E-state index in [2.05, 4.69) is 10.5 Å². The summed E-state index contributed by atoms with van der Waals surface area (Å²) in [4.78, 5) is 24.9. The maximum absolute atomic E-state index is 12.5. The second-order valence-electron chi connectivity index (χ2n) is 8.41. The van der Waals surface area contributed by atoms with Crippen molar-refractivity contribution in [2.24, 2.45) is 5.10 Å². The molecule has 39 heavy (non-hydrogen) atoms. The zero-order valence-electron chi connectivity index (χ0n) is 21.8. The number of ether oxygens (including phenoxy) is 4. The van der Waals surface area contributed by atoms with Gasteiger partial charge in [0.2, 0.25) is 0 Å². The Labute approximate surface area is 226 Å². The number of rotatable bonds is 10. The van der Waals surface area contributed by atoms with Gasteiger partial charge in [-0.3, -0.25) is 4.79 Å². The molecule has 8 nitrogen and oxygen atoms in total. The second-order valence-corrected chi connectivity index (χ2v) is 8.41. The quantitative estimate of drug-likeness (QED) is 0.127. The van der Waals surface area contributed by atoms with Gasteiger partial charge < -0.3 is 18.9 Å². The van der Waals surface area contributed by atoms with Crippen LogP contribution in [0.5, 0.6) is 23.0 Å². The number of nitrogens with one attached hydrogen (secondary N) is 1. The molecule has 0 aromatic heterocycles. The minimum atomic E-state index is -0.747. The highest BCUT2D eigenvalue weighted by molar-refractivity contribution is 5.92. The van der Waals surface area contributed by atoms with Crippen molar-refractivity contribution in [3.63, 3.8) is 0 Å². The van der Waals surface area contributed by atoms with E-state index in [9.17, 15) is 9.59 Å². The number of carbonyl (C=O) groups is 2. The molecule has 0 aliphatic heterocycles. The van der Waals surface area contributed by atoms with Crippen molar-refractivity contribution in [1.82, 2.24) is 5.43 Å². The molecule has 0 spiro atoms. The van der Waals surface area contributed by atoms with Crippen LogP contribution in [0, 0.1) is 0 Å². The second kappa shape index (κ2) is 12.9. The average molecular weight is 525 g/mol. The summed E-state index contributed by atoms with van der Waals surface area (Å²) in [7, 11) is 3.01. The SMILES string of the molecule is COc1ccc(C(=O)Oc2ccc(/C=N\NC(=O)[C@H](C)Oc3ccc(-c4ccccc4)cc3)cc2)cc1OC.